The number of ether oxygens (including phenoxy) is 1. The Labute approximate surface area is 71.7 Å². The maximum Gasteiger partial charge on any atom is 0.325 e. The predicted molar refractivity (Wildman–Crippen MR) is 43.4 cm³/mol. The van der Waals surface area contributed by atoms with Crippen molar-refractivity contribution in [2.24, 2.45) is 5.73 Å². The molecule has 1 fully saturated rings. The van der Waals surface area contributed by atoms with Gasteiger partial charge in [-0.15, -0.1) is 0 Å². The van der Waals surface area contributed by atoms with E-state index in [4.69, 9.17) is 15.6 Å². The Morgan fingerprint density at radius 3 is 2.58 bits per heavy atom. The van der Waals surface area contributed by atoms with E-state index in [0.717, 1.165) is 19.3 Å². The molecule has 3 N–H and O–H groups in total. The largest absolute Gasteiger partial charge is 0.461 e. The first kappa shape index (κ1) is 9.48. The number of aliphatic hydroxyl groups is 1. The molecule has 1 rings (SSSR count). The van der Waals surface area contributed by atoms with Gasteiger partial charge in [0.2, 0.25) is 0 Å². The molecule has 2 unspecified atom stereocenters. The first-order chi connectivity index (χ1) is 5.61. The van der Waals surface area contributed by atoms with Crippen LogP contribution in [-0.2, 0) is 9.53 Å². The fraction of sp³-hybridized carbons (Fsp3) is 0.875. The van der Waals surface area contributed by atoms with Gasteiger partial charge in [-0.1, -0.05) is 0 Å². The molecule has 0 aromatic carbocycles. The van der Waals surface area contributed by atoms with Gasteiger partial charge in [0, 0.05) is 0 Å². The molecule has 0 aromatic heterocycles. The average Bonchev–Trinajstić information content (AvgIpc) is 1.94. The van der Waals surface area contributed by atoms with Crippen molar-refractivity contribution < 1.29 is 14.6 Å². The summed E-state index contributed by atoms with van der Waals surface area (Å²) in [5.41, 5.74) is 5.36. The highest BCUT2D eigenvalue weighted by molar-refractivity contribution is 5.76. The van der Waals surface area contributed by atoms with E-state index in [1.807, 2.05) is 0 Å². The normalized spacial score (nSPS) is 22.6. The molecule has 0 amide bonds. The lowest BCUT2D eigenvalue weighted by atomic mass is 9.96. The molecule has 2 atom stereocenters. The van der Waals surface area contributed by atoms with Crippen molar-refractivity contribution >= 4 is 5.97 Å². The van der Waals surface area contributed by atoms with Crippen molar-refractivity contribution in [1.82, 2.24) is 0 Å². The average molecular weight is 173 g/mol. The van der Waals surface area contributed by atoms with E-state index in [-0.39, 0.29) is 6.10 Å². The first-order valence-electron chi connectivity index (χ1n) is 4.25. The zero-order valence-corrected chi connectivity index (χ0v) is 7.19. The molecule has 1 aliphatic rings. The van der Waals surface area contributed by atoms with Crippen LogP contribution in [0.25, 0.3) is 0 Å². The van der Waals surface area contributed by atoms with Gasteiger partial charge in [0.1, 0.15) is 12.1 Å². The van der Waals surface area contributed by atoms with Crippen LogP contribution in [0.1, 0.15) is 26.2 Å². The Morgan fingerprint density at radius 1 is 1.67 bits per heavy atom. The Hall–Kier alpha value is -0.610. The minimum Gasteiger partial charge on any atom is -0.461 e. The molecule has 4 nitrogen and oxygen atoms in total. The molecular formula is C8H15NO3. The van der Waals surface area contributed by atoms with Crippen molar-refractivity contribution in [3.63, 3.8) is 0 Å². The minimum absolute atomic E-state index is 0.0438. The predicted octanol–water partition coefficient (Wildman–Crippen LogP) is -0.210. The van der Waals surface area contributed by atoms with Crippen molar-refractivity contribution in [2.75, 3.05) is 0 Å². The van der Waals surface area contributed by atoms with Crippen LogP contribution >= 0.6 is 0 Å². The number of hydrogen-bond acceptors (Lipinski definition) is 4. The molecule has 0 saturated heterocycles. The van der Waals surface area contributed by atoms with Crippen LogP contribution in [0.2, 0.25) is 0 Å². The number of nitrogens with two attached hydrogens (primary N) is 1. The molecule has 0 aromatic rings. The zero-order chi connectivity index (χ0) is 9.14. The van der Waals surface area contributed by atoms with E-state index in [0.29, 0.717) is 0 Å². The maximum atomic E-state index is 11.1. The second-order valence-electron chi connectivity index (χ2n) is 3.26. The second-order valence-corrected chi connectivity index (χ2v) is 3.26. The highest BCUT2D eigenvalue weighted by Gasteiger charge is 2.26. The minimum atomic E-state index is -0.898. The molecule has 4 heteroatoms. The van der Waals surface area contributed by atoms with Gasteiger partial charge < -0.3 is 15.6 Å². The van der Waals surface area contributed by atoms with Crippen LogP contribution in [0.5, 0.6) is 0 Å². The lowest BCUT2D eigenvalue weighted by Gasteiger charge is -2.27. The highest BCUT2D eigenvalue weighted by atomic mass is 16.5. The smallest absolute Gasteiger partial charge is 0.325 e. The molecule has 0 bridgehead atoms. The molecule has 0 heterocycles. The molecule has 70 valence electrons. The van der Waals surface area contributed by atoms with Gasteiger partial charge in [0.15, 0.2) is 0 Å². The Morgan fingerprint density at radius 2 is 2.25 bits per heavy atom. The van der Waals surface area contributed by atoms with Gasteiger partial charge >= 0.3 is 5.97 Å². The summed E-state index contributed by atoms with van der Waals surface area (Å²) in [4.78, 5) is 11.1. The van der Waals surface area contributed by atoms with Gasteiger partial charge in [-0.3, -0.25) is 4.79 Å². The first-order valence-corrected chi connectivity index (χ1v) is 4.25. The number of aliphatic hydroxyl groups excluding tert-OH is 1. The molecule has 0 radical (unpaired) electrons. The van der Waals surface area contributed by atoms with Gasteiger partial charge in [0.05, 0.1) is 6.10 Å². The van der Waals surface area contributed by atoms with Crippen LogP contribution in [0.4, 0.5) is 0 Å². The summed E-state index contributed by atoms with van der Waals surface area (Å²) in [6.07, 6.45) is 2.18. The lowest BCUT2D eigenvalue weighted by Crippen LogP contribution is -2.43. The van der Waals surface area contributed by atoms with Crippen molar-refractivity contribution in [3.05, 3.63) is 0 Å². The summed E-state index contributed by atoms with van der Waals surface area (Å²) in [6.45, 7) is 1.48. The topological polar surface area (TPSA) is 72.5 Å². The fourth-order valence-corrected chi connectivity index (χ4v) is 0.928. The van der Waals surface area contributed by atoms with Crippen LogP contribution in [0, 0.1) is 0 Å². The highest BCUT2D eigenvalue weighted by Crippen LogP contribution is 2.22. The fourth-order valence-electron chi connectivity index (χ4n) is 0.928. The Kier molecular flexibility index (Phi) is 3.05. The van der Waals surface area contributed by atoms with E-state index in [2.05, 4.69) is 0 Å². The van der Waals surface area contributed by atoms with E-state index < -0.39 is 18.1 Å². The third-order valence-corrected chi connectivity index (χ3v) is 2.13. The third-order valence-electron chi connectivity index (χ3n) is 2.13. The van der Waals surface area contributed by atoms with E-state index in [1.165, 1.54) is 6.92 Å². The Bertz CT molecular complexity index is 166. The van der Waals surface area contributed by atoms with Crippen LogP contribution in [0.15, 0.2) is 0 Å². The summed E-state index contributed by atoms with van der Waals surface area (Å²) < 4.78 is 4.99. The number of rotatable bonds is 3. The van der Waals surface area contributed by atoms with Crippen LogP contribution < -0.4 is 5.73 Å². The molecular weight excluding hydrogens is 158 g/mol. The monoisotopic (exact) mass is 173 g/mol. The summed E-state index contributed by atoms with van der Waals surface area (Å²) in [5.74, 6) is -0.491. The number of esters is 1. The lowest BCUT2D eigenvalue weighted by molar-refractivity contribution is -0.156. The van der Waals surface area contributed by atoms with Crippen molar-refractivity contribution in [1.29, 1.82) is 0 Å². The second kappa shape index (κ2) is 3.87. The van der Waals surface area contributed by atoms with Crippen LogP contribution in [0.3, 0.4) is 0 Å². The van der Waals surface area contributed by atoms with E-state index in [9.17, 15) is 4.79 Å². The van der Waals surface area contributed by atoms with E-state index in [1.54, 1.807) is 0 Å². The quantitative estimate of drug-likeness (QED) is 0.579. The molecule has 1 saturated carbocycles. The van der Waals surface area contributed by atoms with Gasteiger partial charge in [-0.05, 0) is 26.2 Å². The van der Waals surface area contributed by atoms with Gasteiger partial charge in [-0.25, -0.2) is 0 Å². The molecule has 0 spiro atoms. The molecule has 12 heavy (non-hydrogen) atoms. The zero-order valence-electron chi connectivity index (χ0n) is 7.19. The standard InChI is InChI=1S/C8H15NO3/c1-5(10)7(9)8(11)12-6-3-2-4-6/h5-7,10H,2-4,9H2,1H3. The molecule has 1 aliphatic carbocycles. The number of hydrogen-bond donors (Lipinski definition) is 2. The summed E-state index contributed by atoms with van der Waals surface area (Å²) >= 11 is 0. The van der Waals surface area contributed by atoms with Crippen LogP contribution in [-0.4, -0.2) is 29.3 Å². The SMILES string of the molecule is CC(O)C(N)C(=O)OC1CCC1. The number of carbonyl (C=O) groups is 1. The summed E-state index contributed by atoms with van der Waals surface area (Å²) in [5, 5.41) is 8.97. The Balaban J connectivity index is 2.26. The van der Waals surface area contributed by atoms with Crippen molar-refractivity contribution in [2.45, 2.75) is 44.4 Å². The van der Waals surface area contributed by atoms with Crippen molar-refractivity contribution in [3.8, 4) is 0 Å². The summed E-state index contributed by atoms with van der Waals surface area (Å²) in [7, 11) is 0. The van der Waals surface area contributed by atoms with Gasteiger partial charge in [0.25, 0.3) is 0 Å². The number of carbonyl (C=O) groups excluding carboxylic acids is 1. The van der Waals surface area contributed by atoms with Gasteiger partial charge in [-0.2, -0.15) is 0 Å². The summed E-state index contributed by atoms with van der Waals surface area (Å²) in [6, 6.07) is -0.898. The third kappa shape index (κ3) is 2.19. The maximum absolute atomic E-state index is 11.1. The van der Waals surface area contributed by atoms with E-state index >= 15 is 0 Å². The molecule has 0 aliphatic heterocycles.